The number of rotatable bonds is 6. The van der Waals surface area contributed by atoms with Crippen LogP contribution in [0.15, 0.2) is 162 Å². The molecule has 0 amide bonds. The molecule has 3 heteroatoms. The number of fused-ring (bicyclic) bond motifs is 7. The van der Waals surface area contributed by atoms with Crippen molar-refractivity contribution in [1.82, 2.24) is 4.57 Å². The van der Waals surface area contributed by atoms with Crippen molar-refractivity contribution in [3.05, 3.63) is 191 Å². The van der Waals surface area contributed by atoms with Crippen LogP contribution in [0.3, 0.4) is 0 Å². The predicted octanol–water partition coefficient (Wildman–Crippen LogP) is 14.1. The molecule has 10 rings (SSSR count). The van der Waals surface area contributed by atoms with Crippen molar-refractivity contribution >= 4 is 62.1 Å². The third kappa shape index (κ3) is 5.03. The molecule has 260 valence electrons. The highest BCUT2D eigenvalue weighted by atomic mass is 16.3. The highest BCUT2D eigenvalue weighted by molar-refractivity contribution is 6.07. The number of nitrogens with zero attached hydrogens (tertiary/aromatic N) is 2. The lowest BCUT2D eigenvalue weighted by molar-refractivity contribution is 0.660. The number of para-hydroxylation sites is 3. The van der Waals surface area contributed by atoms with Gasteiger partial charge in [-0.15, -0.1) is 0 Å². The van der Waals surface area contributed by atoms with Gasteiger partial charge in [-0.25, -0.2) is 0 Å². The molecule has 2 aromatic heterocycles. The van der Waals surface area contributed by atoms with Crippen LogP contribution in [0, 0.1) is 13.8 Å². The Morgan fingerprint density at radius 3 is 1.78 bits per heavy atom. The first-order chi connectivity index (χ1) is 26.3. The van der Waals surface area contributed by atoms with E-state index in [1.54, 1.807) is 0 Å². The summed E-state index contributed by atoms with van der Waals surface area (Å²) in [5.41, 5.74) is 17.8. The van der Waals surface area contributed by atoms with Crippen LogP contribution in [0.5, 0.6) is 0 Å². The number of hydrogen-bond acceptors (Lipinski definition) is 2. The van der Waals surface area contributed by atoms with E-state index in [4.69, 9.17) is 4.42 Å². The maximum Gasteiger partial charge on any atom is 0.135 e. The van der Waals surface area contributed by atoms with Crippen molar-refractivity contribution in [2.45, 2.75) is 33.1 Å². The van der Waals surface area contributed by atoms with Gasteiger partial charge >= 0.3 is 0 Å². The van der Waals surface area contributed by atoms with Gasteiger partial charge in [0.05, 0.1) is 5.52 Å². The molecule has 54 heavy (non-hydrogen) atoms. The lowest BCUT2D eigenvalue weighted by Gasteiger charge is -2.25. The summed E-state index contributed by atoms with van der Waals surface area (Å²) >= 11 is 0. The summed E-state index contributed by atoms with van der Waals surface area (Å²) in [5.74, 6) is 0. The monoisotopic (exact) mass is 696 g/mol. The molecule has 7 aromatic carbocycles. The summed E-state index contributed by atoms with van der Waals surface area (Å²) in [7, 11) is 0. The molecule has 0 radical (unpaired) electrons. The van der Waals surface area contributed by atoms with Crippen LogP contribution >= 0.6 is 0 Å². The van der Waals surface area contributed by atoms with Gasteiger partial charge in [0.25, 0.3) is 0 Å². The quantitative estimate of drug-likeness (QED) is 0.161. The van der Waals surface area contributed by atoms with Crippen LogP contribution in [0.4, 0.5) is 17.1 Å². The van der Waals surface area contributed by atoms with Crippen LogP contribution in [0.2, 0.25) is 0 Å². The minimum atomic E-state index is -0.129. The maximum atomic E-state index is 6.35. The molecule has 0 saturated carbocycles. The second-order valence-electron chi connectivity index (χ2n) is 15.1. The number of aryl methyl sites for hydroxylation is 1. The summed E-state index contributed by atoms with van der Waals surface area (Å²) in [4.78, 5) is 2.29. The van der Waals surface area contributed by atoms with Crippen molar-refractivity contribution in [3.8, 4) is 16.8 Å². The van der Waals surface area contributed by atoms with Crippen molar-refractivity contribution in [1.29, 1.82) is 0 Å². The first kappa shape index (κ1) is 32.1. The molecule has 0 bridgehead atoms. The van der Waals surface area contributed by atoms with E-state index in [0.717, 1.165) is 44.6 Å². The van der Waals surface area contributed by atoms with Crippen LogP contribution in [-0.4, -0.2) is 4.57 Å². The van der Waals surface area contributed by atoms with E-state index in [-0.39, 0.29) is 5.41 Å². The normalized spacial score (nSPS) is 13.3. The first-order valence-electron chi connectivity index (χ1n) is 18.8. The van der Waals surface area contributed by atoms with Crippen LogP contribution in [0.1, 0.15) is 47.4 Å². The summed E-state index contributed by atoms with van der Waals surface area (Å²) in [6, 6.07) is 56.6. The molecule has 0 unspecified atom stereocenters. The number of furan rings is 1. The summed E-state index contributed by atoms with van der Waals surface area (Å²) in [6.07, 6.45) is 4.47. The molecule has 0 fully saturated rings. The molecule has 0 aliphatic heterocycles. The second kappa shape index (κ2) is 12.2. The smallest absolute Gasteiger partial charge is 0.135 e. The van der Waals surface area contributed by atoms with E-state index in [1.165, 1.54) is 55.7 Å². The van der Waals surface area contributed by atoms with E-state index in [9.17, 15) is 0 Å². The van der Waals surface area contributed by atoms with Crippen molar-refractivity contribution in [2.24, 2.45) is 0 Å². The van der Waals surface area contributed by atoms with E-state index in [0.29, 0.717) is 0 Å². The fraction of sp³-hybridized carbons (Fsp3) is 0.0980. The van der Waals surface area contributed by atoms with Gasteiger partial charge in [0.15, 0.2) is 0 Å². The zero-order valence-corrected chi connectivity index (χ0v) is 31.0. The standard InChI is InChI=1S/C51H40N2O/c1-33-34(2)52(37-14-8-5-9-15-37)48-32-47-43(31-42(33)48)41-25-22-36(29-46(41)51(47,3)4)21-20-35-23-26-49-44(28-35)45-30-40(24-27-50(45)54-49)53(38-16-10-6-11-17-38)39-18-12-7-13-19-39/h5-32H,1-4H3. The van der Waals surface area contributed by atoms with E-state index in [1.807, 2.05) is 0 Å². The van der Waals surface area contributed by atoms with Gasteiger partial charge in [0, 0.05) is 50.0 Å². The Bertz CT molecular complexity index is 2870. The molecule has 0 saturated heterocycles. The van der Waals surface area contributed by atoms with E-state index < -0.39 is 0 Å². The van der Waals surface area contributed by atoms with Gasteiger partial charge in [-0.05, 0) is 132 Å². The second-order valence-corrected chi connectivity index (χ2v) is 15.1. The molecule has 3 nitrogen and oxygen atoms in total. The van der Waals surface area contributed by atoms with Gasteiger partial charge in [0.1, 0.15) is 11.2 Å². The SMILES string of the molecule is Cc1c(C)n(-c2ccccc2)c2cc3c(cc12)-c1ccc(C=Cc2ccc4oc5ccc(N(c6ccccc6)c6ccccc6)cc5c4c2)cc1C3(C)C. The van der Waals surface area contributed by atoms with E-state index in [2.05, 4.69) is 207 Å². The van der Waals surface area contributed by atoms with Crippen LogP contribution in [-0.2, 0) is 5.41 Å². The van der Waals surface area contributed by atoms with Crippen molar-refractivity contribution < 1.29 is 4.42 Å². The topological polar surface area (TPSA) is 21.3 Å². The Morgan fingerprint density at radius 2 is 1.09 bits per heavy atom. The number of anilines is 3. The molecule has 0 spiro atoms. The van der Waals surface area contributed by atoms with Gasteiger partial charge in [-0.2, -0.15) is 0 Å². The largest absolute Gasteiger partial charge is 0.456 e. The maximum absolute atomic E-state index is 6.35. The third-order valence-corrected chi connectivity index (χ3v) is 11.6. The third-order valence-electron chi connectivity index (χ3n) is 11.6. The minimum Gasteiger partial charge on any atom is -0.456 e. The van der Waals surface area contributed by atoms with Crippen molar-refractivity contribution in [2.75, 3.05) is 4.90 Å². The fourth-order valence-electron chi connectivity index (χ4n) is 8.65. The molecule has 9 aromatic rings. The molecule has 2 heterocycles. The lowest BCUT2D eigenvalue weighted by atomic mass is 9.81. The number of hydrogen-bond donors (Lipinski definition) is 0. The predicted molar refractivity (Wildman–Crippen MR) is 228 cm³/mol. The zero-order valence-electron chi connectivity index (χ0n) is 31.0. The van der Waals surface area contributed by atoms with Gasteiger partial charge in [-0.1, -0.05) is 105 Å². The zero-order chi connectivity index (χ0) is 36.6. The summed E-state index contributed by atoms with van der Waals surface area (Å²) < 4.78 is 8.76. The van der Waals surface area contributed by atoms with Crippen molar-refractivity contribution in [3.63, 3.8) is 0 Å². The molecule has 1 aliphatic rings. The molecular weight excluding hydrogens is 657 g/mol. The van der Waals surface area contributed by atoms with Gasteiger partial charge in [-0.3, -0.25) is 0 Å². The van der Waals surface area contributed by atoms with Gasteiger partial charge < -0.3 is 13.9 Å². The molecule has 0 N–H and O–H groups in total. The highest BCUT2D eigenvalue weighted by Crippen LogP contribution is 2.51. The lowest BCUT2D eigenvalue weighted by Crippen LogP contribution is -2.15. The van der Waals surface area contributed by atoms with Gasteiger partial charge in [0.2, 0.25) is 0 Å². The van der Waals surface area contributed by atoms with E-state index >= 15 is 0 Å². The Morgan fingerprint density at radius 1 is 0.519 bits per heavy atom. The molecule has 1 aliphatic carbocycles. The summed E-state index contributed by atoms with van der Waals surface area (Å²) in [6.45, 7) is 9.23. The summed E-state index contributed by atoms with van der Waals surface area (Å²) in [5, 5.41) is 3.53. The first-order valence-corrected chi connectivity index (χ1v) is 18.8. The Kier molecular flexibility index (Phi) is 7.28. The van der Waals surface area contributed by atoms with Crippen LogP contribution < -0.4 is 4.90 Å². The molecule has 0 atom stereocenters. The fourth-order valence-corrected chi connectivity index (χ4v) is 8.65. The number of aromatic nitrogens is 1. The average Bonchev–Trinajstić information content (AvgIpc) is 3.77. The molecular formula is C51H40N2O. The Labute approximate surface area is 316 Å². The van der Waals surface area contributed by atoms with Crippen LogP contribution in [0.25, 0.3) is 61.8 Å². The Hall–Kier alpha value is -6.58. The average molecular weight is 697 g/mol. The highest BCUT2D eigenvalue weighted by Gasteiger charge is 2.36. The number of benzene rings is 7. The Balaban J connectivity index is 1.00. The minimum absolute atomic E-state index is 0.129.